The molecule has 0 spiro atoms. The second-order valence-electron chi connectivity index (χ2n) is 8.28. The van der Waals surface area contributed by atoms with E-state index in [1.54, 1.807) is 7.05 Å². The van der Waals surface area contributed by atoms with Crippen LogP contribution in [-0.2, 0) is 20.1 Å². The van der Waals surface area contributed by atoms with Crippen LogP contribution in [0.5, 0.6) is 0 Å². The minimum Gasteiger partial charge on any atom is -0.324 e. The van der Waals surface area contributed by atoms with Crippen molar-refractivity contribution in [3.05, 3.63) is 91.6 Å². The molecule has 0 aliphatic heterocycles. The Morgan fingerprint density at radius 3 is 2.36 bits per heavy atom. The molecule has 202 valence electrons. The van der Waals surface area contributed by atoms with Gasteiger partial charge in [-0.15, -0.1) is 0 Å². The predicted molar refractivity (Wildman–Crippen MR) is 128 cm³/mol. The molecule has 0 radical (unpaired) electrons. The van der Waals surface area contributed by atoms with E-state index in [9.17, 15) is 31.5 Å². The Morgan fingerprint density at radius 2 is 1.72 bits per heavy atom. The number of aryl methyl sites for hydroxylation is 1. The highest BCUT2D eigenvalue weighted by Gasteiger charge is 2.19. The lowest BCUT2D eigenvalue weighted by Gasteiger charge is -2.16. The topological polar surface area (TPSA) is 117 Å². The SMILES string of the molecule is Cn1cnc(Cn2c(=O)nc(Nc3cc4cn(C(F)F)nc4cc3Cl)n(Cc3cc(F)c(F)c(F)c3)c2=O)n1. The molecule has 0 amide bonds. The van der Waals surface area contributed by atoms with E-state index in [0.717, 1.165) is 10.8 Å². The van der Waals surface area contributed by atoms with Crippen molar-refractivity contribution in [1.82, 2.24) is 38.7 Å². The summed E-state index contributed by atoms with van der Waals surface area (Å²) in [6.07, 6.45) is 2.41. The van der Waals surface area contributed by atoms with Crippen molar-refractivity contribution in [3.63, 3.8) is 0 Å². The summed E-state index contributed by atoms with van der Waals surface area (Å²) in [5.74, 6) is -4.97. The van der Waals surface area contributed by atoms with E-state index in [1.165, 1.54) is 23.1 Å². The first kappa shape index (κ1) is 26.0. The Bertz CT molecular complexity index is 1820. The number of aromatic nitrogens is 8. The third-order valence-electron chi connectivity index (χ3n) is 5.54. The van der Waals surface area contributed by atoms with E-state index >= 15 is 0 Å². The van der Waals surface area contributed by atoms with Crippen LogP contribution >= 0.6 is 11.6 Å². The third kappa shape index (κ3) is 5.09. The van der Waals surface area contributed by atoms with Crippen LogP contribution in [-0.4, -0.2) is 38.7 Å². The van der Waals surface area contributed by atoms with Gasteiger partial charge in [0.05, 0.1) is 29.3 Å². The number of alkyl halides is 2. The number of hydrogen-bond donors (Lipinski definition) is 1. The van der Waals surface area contributed by atoms with Crippen molar-refractivity contribution in [3.8, 4) is 0 Å². The third-order valence-corrected chi connectivity index (χ3v) is 5.85. The van der Waals surface area contributed by atoms with Crippen LogP contribution in [0, 0.1) is 17.5 Å². The number of rotatable bonds is 7. The molecular formula is C22H15ClF5N9O2. The summed E-state index contributed by atoms with van der Waals surface area (Å²) in [6, 6.07) is 3.98. The number of hydrogen-bond acceptors (Lipinski definition) is 7. The molecule has 0 atom stereocenters. The highest BCUT2D eigenvalue weighted by molar-refractivity contribution is 6.34. The molecule has 11 nitrogen and oxygen atoms in total. The lowest BCUT2D eigenvalue weighted by molar-refractivity contribution is 0.0574. The van der Waals surface area contributed by atoms with Gasteiger partial charge in [0, 0.05) is 18.6 Å². The molecule has 5 aromatic rings. The van der Waals surface area contributed by atoms with Crippen LogP contribution in [0.3, 0.4) is 0 Å². The molecule has 5 rings (SSSR count). The number of benzene rings is 2. The summed E-state index contributed by atoms with van der Waals surface area (Å²) >= 11 is 6.28. The number of nitrogens with one attached hydrogen (secondary N) is 1. The normalized spacial score (nSPS) is 11.6. The van der Waals surface area contributed by atoms with Crippen molar-refractivity contribution in [2.24, 2.45) is 7.05 Å². The lowest BCUT2D eigenvalue weighted by Crippen LogP contribution is -2.43. The minimum atomic E-state index is -2.91. The van der Waals surface area contributed by atoms with Crippen LogP contribution in [0.25, 0.3) is 10.9 Å². The minimum absolute atomic E-state index is 0.0245. The maximum atomic E-state index is 13.9. The van der Waals surface area contributed by atoms with Gasteiger partial charge >= 0.3 is 17.9 Å². The Kier molecular flexibility index (Phi) is 6.63. The summed E-state index contributed by atoms with van der Waals surface area (Å²) in [5.41, 5.74) is -1.96. The van der Waals surface area contributed by atoms with Crippen LogP contribution in [0.15, 0.2) is 46.4 Å². The molecule has 17 heteroatoms. The molecule has 39 heavy (non-hydrogen) atoms. The van der Waals surface area contributed by atoms with Gasteiger partial charge < -0.3 is 5.32 Å². The Labute approximate surface area is 218 Å². The Hall–Kier alpha value is -4.60. The fourth-order valence-electron chi connectivity index (χ4n) is 3.76. The highest BCUT2D eigenvalue weighted by Crippen LogP contribution is 2.30. The maximum Gasteiger partial charge on any atom is 0.355 e. The highest BCUT2D eigenvalue weighted by atomic mass is 35.5. The van der Waals surface area contributed by atoms with Crippen LogP contribution in [0.2, 0.25) is 5.02 Å². The van der Waals surface area contributed by atoms with Crippen LogP contribution < -0.4 is 16.7 Å². The van der Waals surface area contributed by atoms with E-state index in [-0.39, 0.29) is 39.5 Å². The standard InChI is InChI=1S/C22H15ClF5N9O2/c1-34-9-29-17(33-34)8-36-21(38)31-20(35(22(36)39)6-10-2-13(24)18(26)14(25)3-10)30-16-4-11-7-37(19(27)28)32-15(11)5-12(16)23/h2-5,7,9,19H,6,8H2,1H3,(H,30,31,38). The van der Waals surface area contributed by atoms with E-state index in [1.807, 2.05) is 0 Å². The van der Waals surface area contributed by atoms with E-state index in [0.29, 0.717) is 21.4 Å². The van der Waals surface area contributed by atoms with Gasteiger partial charge in [-0.25, -0.2) is 37.0 Å². The van der Waals surface area contributed by atoms with E-state index in [2.05, 4.69) is 25.5 Å². The number of anilines is 2. The van der Waals surface area contributed by atoms with Gasteiger partial charge in [-0.1, -0.05) is 11.6 Å². The zero-order chi connectivity index (χ0) is 28.0. The van der Waals surface area contributed by atoms with Gasteiger partial charge in [-0.05, 0) is 29.8 Å². The summed E-state index contributed by atoms with van der Waals surface area (Å²) in [6.45, 7) is -3.84. The fourth-order valence-corrected chi connectivity index (χ4v) is 3.97. The second kappa shape index (κ2) is 9.94. The van der Waals surface area contributed by atoms with Gasteiger partial charge in [-0.3, -0.25) is 9.25 Å². The summed E-state index contributed by atoms with van der Waals surface area (Å²) < 4.78 is 70.7. The average molecular weight is 568 g/mol. The lowest BCUT2D eigenvalue weighted by atomic mass is 10.2. The molecule has 1 N–H and O–H groups in total. The fraction of sp³-hybridized carbons (Fsp3) is 0.182. The quantitative estimate of drug-likeness (QED) is 0.237. The largest absolute Gasteiger partial charge is 0.355 e. The molecule has 0 saturated heterocycles. The summed E-state index contributed by atoms with van der Waals surface area (Å²) in [5, 5.41) is 10.6. The Balaban J connectivity index is 1.62. The van der Waals surface area contributed by atoms with Gasteiger partial charge in [0.1, 0.15) is 6.33 Å². The summed E-state index contributed by atoms with van der Waals surface area (Å²) in [7, 11) is 1.58. The first-order valence-electron chi connectivity index (χ1n) is 10.9. The molecule has 0 fully saturated rings. The van der Waals surface area contributed by atoms with Gasteiger partial charge in [-0.2, -0.15) is 24.0 Å². The predicted octanol–water partition coefficient (Wildman–Crippen LogP) is 3.19. The molecule has 0 aliphatic rings. The zero-order valence-corrected chi connectivity index (χ0v) is 20.4. The van der Waals surface area contributed by atoms with Gasteiger partial charge in [0.25, 0.3) is 0 Å². The molecule has 3 heterocycles. The number of nitrogens with zero attached hydrogens (tertiary/aromatic N) is 8. The molecular weight excluding hydrogens is 553 g/mol. The first-order valence-corrected chi connectivity index (χ1v) is 11.3. The molecule has 0 saturated carbocycles. The smallest absolute Gasteiger partial charge is 0.324 e. The summed E-state index contributed by atoms with van der Waals surface area (Å²) in [4.78, 5) is 34.1. The maximum absolute atomic E-state index is 13.9. The molecule has 0 bridgehead atoms. The van der Waals surface area contributed by atoms with Crippen LogP contribution in [0.1, 0.15) is 17.9 Å². The van der Waals surface area contributed by atoms with Crippen molar-refractivity contribution >= 4 is 34.1 Å². The van der Waals surface area contributed by atoms with Gasteiger partial charge in [0.2, 0.25) is 5.95 Å². The van der Waals surface area contributed by atoms with Crippen molar-refractivity contribution in [2.45, 2.75) is 19.6 Å². The van der Waals surface area contributed by atoms with E-state index in [4.69, 9.17) is 11.6 Å². The van der Waals surface area contributed by atoms with Crippen LogP contribution in [0.4, 0.5) is 33.6 Å². The second-order valence-corrected chi connectivity index (χ2v) is 8.69. The average Bonchev–Trinajstić information content (AvgIpc) is 3.48. The monoisotopic (exact) mass is 567 g/mol. The molecule has 0 unspecified atom stereocenters. The number of halogens is 6. The van der Waals surface area contributed by atoms with Crippen molar-refractivity contribution in [1.29, 1.82) is 0 Å². The van der Waals surface area contributed by atoms with Crippen molar-refractivity contribution < 1.29 is 22.0 Å². The van der Waals surface area contributed by atoms with E-state index < -0.39 is 47.9 Å². The zero-order valence-electron chi connectivity index (χ0n) is 19.6. The van der Waals surface area contributed by atoms with Crippen molar-refractivity contribution in [2.75, 3.05) is 5.32 Å². The van der Waals surface area contributed by atoms with Gasteiger partial charge in [0.15, 0.2) is 23.3 Å². The molecule has 2 aromatic carbocycles. The molecule has 3 aromatic heterocycles. The Morgan fingerprint density at radius 1 is 1.00 bits per heavy atom. The molecule has 0 aliphatic carbocycles. The first-order chi connectivity index (χ1) is 18.5. The number of fused-ring (bicyclic) bond motifs is 1.